The normalized spacial score (nSPS) is 18.3. The van der Waals surface area contributed by atoms with E-state index in [0.717, 1.165) is 24.2 Å². The molecule has 0 fully saturated rings. The monoisotopic (exact) mass is 338 g/mol. The first-order valence-electron chi connectivity index (χ1n) is 8.86. The zero-order valence-electron chi connectivity index (χ0n) is 15.1. The largest absolute Gasteiger partial charge is 0.497 e. The van der Waals surface area contributed by atoms with Crippen LogP contribution in [0.2, 0.25) is 0 Å². The van der Waals surface area contributed by atoms with Crippen LogP contribution >= 0.6 is 0 Å². The van der Waals surface area contributed by atoms with E-state index >= 15 is 0 Å². The number of amides is 1. The number of fused-ring (bicyclic) bond motifs is 1. The highest BCUT2D eigenvalue weighted by atomic mass is 16.5. The van der Waals surface area contributed by atoms with Gasteiger partial charge in [-0.1, -0.05) is 36.4 Å². The molecular weight excluding hydrogens is 312 g/mol. The minimum Gasteiger partial charge on any atom is -0.497 e. The number of ether oxygens (including phenoxy) is 1. The number of hydrogen-bond acceptors (Lipinski definition) is 3. The Kier molecular flexibility index (Phi) is 5.39. The van der Waals surface area contributed by atoms with Crippen LogP contribution in [0.5, 0.6) is 5.75 Å². The molecule has 0 aromatic heterocycles. The van der Waals surface area contributed by atoms with Gasteiger partial charge in [0.25, 0.3) is 0 Å². The zero-order chi connectivity index (χ0) is 17.8. The van der Waals surface area contributed by atoms with E-state index in [9.17, 15) is 4.79 Å². The molecule has 4 heteroatoms. The van der Waals surface area contributed by atoms with E-state index < -0.39 is 0 Å². The van der Waals surface area contributed by atoms with Crippen molar-refractivity contribution in [3.63, 3.8) is 0 Å². The Labute approximate surface area is 149 Å². The van der Waals surface area contributed by atoms with E-state index in [-0.39, 0.29) is 24.0 Å². The summed E-state index contributed by atoms with van der Waals surface area (Å²) in [5, 5.41) is 6.57. The van der Waals surface area contributed by atoms with Crippen LogP contribution in [0, 0.1) is 0 Å². The lowest BCUT2D eigenvalue weighted by atomic mass is 10.1. The molecule has 0 saturated heterocycles. The molecule has 1 aliphatic carbocycles. The summed E-state index contributed by atoms with van der Waals surface area (Å²) in [5.41, 5.74) is 3.70. The molecule has 0 aliphatic heterocycles. The fraction of sp³-hybridized carbons (Fsp3) is 0.381. The van der Waals surface area contributed by atoms with Crippen LogP contribution in [0.4, 0.5) is 0 Å². The minimum atomic E-state index is -0.269. The summed E-state index contributed by atoms with van der Waals surface area (Å²) >= 11 is 0. The third-order valence-corrected chi connectivity index (χ3v) is 4.94. The molecule has 0 radical (unpaired) electrons. The minimum absolute atomic E-state index is 0.0384. The van der Waals surface area contributed by atoms with Gasteiger partial charge in [0.15, 0.2) is 0 Å². The van der Waals surface area contributed by atoms with Gasteiger partial charge in [-0.05, 0) is 55.5 Å². The zero-order valence-corrected chi connectivity index (χ0v) is 15.1. The van der Waals surface area contributed by atoms with Crippen molar-refractivity contribution < 1.29 is 9.53 Å². The highest BCUT2D eigenvalue weighted by Gasteiger charge is 2.25. The molecule has 1 amide bonds. The standard InChI is InChI=1S/C21H26N2O2/c1-14(17-8-6-9-18(13-17)25-3)22-15(2)21(24)23-20-12-11-16-7-4-5-10-19(16)20/h4-10,13-15,20,22H,11-12H2,1-3H3,(H,23,24)/t14-,15+,20-/m0/s1. The molecule has 4 nitrogen and oxygen atoms in total. The highest BCUT2D eigenvalue weighted by Crippen LogP contribution is 2.30. The second kappa shape index (κ2) is 7.70. The summed E-state index contributed by atoms with van der Waals surface area (Å²) in [5.74, 6) is 0.863. The lowest BCUT2D eigenvalue weighted by Crippen LogP contribution is -2.44. The SMILES string of the molecule is COc1cccc([C@H](C)N[C@H](C)C(=O)N[C@H]2CCc3ccccc32)c1. The lowest BCUT2D eigenvalue weighted by Gasteiger charge is -2.22. The maximum absolute atomic E-state index is 12.6. The van der Waals surface area contributed by atoms with Crippen molar-refractivity contribution >= 4 is 5.91 Å². The summed E-state index contributed by atoms with van der Waals surface area (Å²) in [4.78, 5) is 12.6. The summed E-state index contributed by atoms with van der Waals surface area (Å²) in [7, 11) is 1.66. The highest BCUT2D eigenvalue weighted by molar-refractivity contribution is 5.82. The van der Waals surface area contributed by atoms with Crippen molar-refractivity contribution in [1.82, 2.24) is 10.6 Å². The summed E-state index contributed by atoms with van der Waals surface area (Å²) in [6.45, 7) is 3.97. The number of aryl methyl sites for hydroxylation is 1. The van der Waals surface area contributed by atoms with E-state index in [1.807, 2.05) is 37.3 Å². The number of hydrogen-bond donors (Lipinski definition) is 2. The number of benzene rings is 2. The predicted octanol–water partition coefficient (Wildman–Crippen LogP) is 3.54. The smallest absolute Gasteiger partial charge is 0.237 e. The van der Waals surface area contributed by atoms with Gasteiger partial charge in [0.2, 0.25) is 5.91 Å². The predicted molar refractivity (Wildman–Crippen MR) is 99.7 cm³/mol. The second-order valence-corrected chi connectivity index (χ2v) is 6.69. The number of methoxy groups -OCH3 is 1. The van der Waals surface area contributed by atoms with Gasteiger partial charge in [-0.2, -0.15) is 0 Å². The quantitative estimate of drug-likeness (QED) is 0.847. The first-order chi connectivity index (χ1) is 12.1. The molecule has 0 saturated carbocycles. The van der Waals surface area contributed by atoms with Gasteiger partial charge >= 0.3 is 0 Å². The Hall–Kier alpha value is -2.33. The van der Waals surface area contributed by atoms with E-state index in [4.69, 9.17) is 4.74 Å². The molecule has 3 rings (SSSR count). The van der Waals surface area contributed by atoms with E-state index in [0.29, 0.717) is 0 Å². The molecule has 2 N–H and O–H groups in total. The van der Waals surface area contributed by atoms with Crippen LogP contribution in [0.3, 0.4) is 0 Å². The third-order valence-electron chi connectivity index (χ3n) is 4.94. The van der Waals surface area contributed by atoms with Crippen LogP contribution in [-0.4, -0.2) is 19.1 Å². The van der Waals surface area contributed by atoms with Gasteiger partial charge < -0.3 is 10.1 Å². The van der Waals surface area contributed by atoms with Crippen molar-refractivity contribution in [3.8, 4) is 5.75 Å². The van der Waals surface area contributed by atoms with Crippen LogP contribution < -0.4 is 15.4 Å². The van der Waals surface area contributed by atoms with Crippen LogP contribution in [0.1, 0.15) is 49.0 Å². The fourth-order valence-corrected chi connectivity index (χ4v) is 3.46. The molecule has 2 aromatic rings. The third kappa shape index (κ3) is 4.02. The average molecular weight is 338 g/mol. The van der Waals surface area contributed by atoms with Crippen molar-refractivity contribution in [2.24, 2.45) is 0 Å². The Morgan fingerprint density at radius 2 is 1.96 bits per heavy atom. The molecule has 2 aromatic carbocycles. The van der Waals surface area contributed by atoms with E-state index in [1.54, 1.807) is 7.11 Å². The number of nitrogens with one attached hydrogen (secondary N) is 2. The average Bonchev–Trinajstić information content (AvgIpc) is 3.04. The van der Waals surface area contributed by atoms with Crippen LogP contribution in [-0.2, 0) is 11.2 Å². The molecule has 1 aliphatic rings. The summed E-state index contributed by atoms with van der Waals surface area (Å²) in [6.07, 6.45) is 2.01. The Morgan fingerprint density at radius 3 is 2.76 bits per heavy atom. The molecule has 0 spiro atoms. The molecule has 3 atom stereocenters. The lowest BCUT2D eigenvalue weighted by molar-refractivity contribution is -0.123. The van der Waals surface area contributed by atoms with Gasteiger partial charge in [-0.15, -0.1) is 0 Å². The Balaban J connectivity index is 1.59. The summed E-state index contributed by atoms with van der Waals surface area (Å²) in [6, 6.07) is 16.2. The molecule has 25 heavy (non-hydrogen) atoms. The van der Waals surface area contributed by atoms with Crippen LogP contribution in [0.15, 0.2) is 48.5 Å². The number of carbonyl (C=O) groups is 1. The Bertz CT molecular complexity index is 744. The number of carbonyl (C=O) groups excluding carboxylic acids is 1. The van der Waals surface area contributed by atoms with E-state index in [1.165, 1.54) is 11.1 Å². The van der Waals surface area contributed by atoms with Gasteiger partial charge in [-0.3, -0.25) is 10.1 Å². The second-order valence-electron chi connectivity index (χ2n) is 6.69. The number of rotatable bonds is 6. The van der Waals surface area contributed by atoms with Gasteiger partial charge in [-0.25, -0.2) is 0 Å². The van der Waals surface area contributed by atoms with Crippen molar-refractivity contribution in [1.29, 1.82) is 0 Å². The maximum Gasteiger partial charge on any atom is 0.237 e. The van der Waals surface area contributed by atoms with E-state index in [2.05, 4.69) is 35.8 Å². The first kappa shape index (κ1) is 17.5. The molecule has 0 unspecified atom stereocenters. The molecule has 0 heterocycles. The van der Waals surface area contributed by atoms with Crippen molar-refractivity contribution in [2.75, 3.05) is 7.11 Å². The van der Waals surface area contributed by atoms with Crippen LogP contribution in [0.25, 0.3) is 0 Å². The van der Waals surface area contributed by atoms with Crippen molar-refractivity contribution in [3.05, 3.63) is 65.2 Å². The Morgan fingerprint density at radius 1 is 1.16 bits per heavy atom. The molecule has 0 bridgehead atoms. The summed E-state index contributed by atoms with van der Waals surface area (Å²) < 4.78 is 5.27. The first-order valence-corrected chi connectivity index (χ1v) is 8.86. The van der Waals surface area contributed by atoms with Gasteiger partial charge in [0.1, 0.15) is 5.75 Å². The van der Waals surface area contributed by atoms with Gasteiger partial charge in [0, 0.05) is 6.04 Å². The van der Waals surface area contributed by atoms with Gasteiger partial charge in [0.05, 0.1) is 19.2 Å². The topological polar surface area (TPSA) is 50.4 Å². The molecular formula is C21H26N2O2. The maximum atomic E-state index is 12.6. The fourth-order valence-electron chi connectivity index (χ4n) is 3.46. The van der Waals surface area contributed by atoms with Crippen molar-refractivity contribution in [2.45, 2.75) is 44.8 Å². The molecule has 132 valence electrons.